The number of fused-ring (bicyclic) bond motifs is 1. The molecule has 2 rings (SSSR count). The van der Waals surface area contributed by atoms with E-state index in [0.29, 0.717) is 12.8 Å². The Labute approximate surface area is 168 Å². The van der Waals surface area contributed by atoms with Gasteiger partial charge in [-0.3, -0.25) is 9.59 Å². The van der Waals surface area contributed by atoms with E-state index in [9.17, 15) is 9.59 Å². The number of carbonyl (C=O) groups is 2. The van der Waals surface area contributed by atoms with Gasteiger partial charge in [0.2, 0.25) is 5.91 Å². The molecule has 152 valence electrons. The van der Waals surface area contributed by atoms with Gasteiger partial charge in [0.05, 0.1) is 6.42 Å². The lowest BCUT2D eigenvalue weighted by Gasteiger charge is -2.07. The molecule has 0 saturated carbocycles. The lowest BCUT2D eigenvalue weighted by Crippen LogP contribution is -2.26. The number of nitrogens with one attached hydrogen (secondary N) is 1. The van der Waals surface area contributed by atoms with Gasteiger partial charge in [-0.1, -0.05) is 87.4 Å². The lowest BCUT2D eigenvalue weighted by molar-refractivity contribution is -0.137. The number of unbranched alkanes of at least 4 members (excludes halogenated alkanes) is 8. The fourth-order valence-electron chi connectivity index (χ4n) is 3.46. The summed E-state index contributed by atoms with van der Waals surface area (Å²) in [6.07, 6.45) is 10.7. The van der Waals surface area contributed by atoms with Gasteiger partial charge < -0.3 is 10.4 Å². The first-order valence-electron chi connectivity index (χ1n) is 10.6. The summed E-state index contributed by atoms with van der Waals surface area (Å²) in [7, 11) is 0. The van der Waals surface area contributed by atoms with Crippen LogP contribution in [-0.2, 0) is 16.0 Å². The average molecular weight is 384 g/mol. The maximum atomic E-state index is 12.1. The van der Waals surface area contributed by atoms with Crippen LogP contribution in [-0.4, -0.2) is 23.5 Å². The maximum absolute atomic E-state index is 12.1. The van der Waals surface area contributed by atoms with Gasteiger partial charge in [0, 0.05) is 13.0 Å². The first kappa shape index (κ1) is 21.9. The van der Waals surface area contributed by atoms with Crippen molar-refractivity contribution in [1.29, 1.82) is 0 Å². The normalized spacial score (nSPS) is 10.9. The predicted molar refractivity (Wildman–Crippen MR) is 114 cm³/mol. The second-order valence-corrected chi connectivity index (χ2v) is 7.53. The fourth-order valence-corrected chi connectivity index (χ4v) is 3.46. The van der Waals surface area contributed by atoms with Gasteiger partial charge in [-0.15, -0.1) is 0 Å². The standard InChI is InChI=1S/C24H33NO3/c26-23(19-20-15-16-21-12-9-10-13-22(21)18-20)25-17-11-7-5-3-1-2-4-6-8-14-24(27)28/h9-10,12-13,15-16,18H,1-8,11,14,17,19H2,(H,25,26)(H,27,28). The molecule has 0 heterocycles. The summed E-state index contributed by atoms with van der Waals surface area (Å²) in [5.74, 6) is -0.596. The first-order chi connectivity index (χ1) is 13.6. The SMILES string of the molecule is O=C(O)CCCCCCCCCCCNC(=O)Cc1ccc2ccccc2c1. The minimum atomic E-state index is -0.690. The van der Waals surface area contributed by atoms with Crippen LogP contribution in [0.25, 0.3) is 10.8 Å². The molecule has 0 aliphatic carbocycles. The van der Waals surface area contributed by atoms with Crippen LogP contribution in [0.2, 0.25) is 0 Å². The van der Waals surface area contributed by atoms with Crippen molar-refractivity contribution in [2.45, 2.75) is 70.6 Å². The quantitative estimate of drug-likeness (QED) is 0.424. The number of carboxylic acids is 1. The van der Waals surface area contributed by atoms with E-state index in [0.717, 1.165) is 44.2 Å². The highest BCUT2D eigenvalue weighted by Gasteiger charge is 2.04. The molecule has 2 N–H and O–H groups in total. The van der Waals surface area contributed by atoms with Crippen LogP contribution in [0.4, 0.5) is 0 Å². The topological polar surface area (TPSA) is 66.4 Å². The molecule has 2 aromatic rings. The molecule has 0 bridgehead atoms. The summed E-state index contributed by atoms with van der Waals surface area (Å²) in [5, 5.41) is 14.0. The molecule has 0 fully saturated rings. The van der Waals surface area contributed by atoms with Crippen LogP contribution < -0.4 is 5.32 Å². The molecule has 4 heteroatoms. The van der Waals surface area contributed by atoms with E-state index in [1.54, 1.807) is 0 Å². The highest BCUT2D eigenvalue weighted by atomic mass is 16.4. The van der Waals surface area contributed by atoms with E-state index in [4.69, 9.17) is 5.11 Å². The van der Waals surface area contributed by atoms with Crippen LogP contribution in [0.15, 0.2) is 42.5 Å². The monoisotopic (exact) mass is 383 g/mol. The fraction of sp³-hybridized carbons (Fsp3) is 0.500. The number of aliphatic carboxylic acids is 1. The highest BCUT2D eigenvalue weighted by molar-refractivity contribution is 5.85. The molecule has 2 aromatic carbocycles. The molecule has 0 spiro atoms. The number of carbonyl (C=O) groups excluding carboxylic acids is 1. The smallest absolute Gasteiger partial charge is 0.303 e. The van der Waals surface area contributed by atoms with Crippen molar-refractivity contribution < 1.29 is 14.7 Å². The van der Waals surface area contributed by atoms with Gasteiger partial charge in [0.25, 0.3) is 0 Å². The summed E-state index contributed by atoms with van der Waals surface area (Å²) in [5.41, 5.74) is 1.06. The number of hydrogen-bond acceptors (Lipinski definition) is 2. The van der Waals surface area contributed by atoms with E-state index < -0.39 is 5.97 Å². The van der Waals surface area contributed by atoms with Gasteiger partial charge in [-0.05, 0) is 29.2 Å². The third-order valence-electron chi connectivity index (χ3n) is 5.07. The van der Waals surface area contributed by atoms with Crippen molar-refractivity contribution >= 4 is 22.6 Å². The third kappa shape index (κ3) is 9.03. The van der Waals surface area contributed by atoms with Crippen molar-refractivity contribution in [3.8, 4) is 0 Å². The third-order valence-corrected chi connectivity index (χ3v) is 5.07. The lowest BCUT2D eigenvalue weighted by atomic mass is 10.0. The number of benzene rings is 2. The number of rotatable bonds is 14. The van der Waals surface area contributed by atoms with Crippen molar-refractivity contribution in [3.05, 3.63) is 48.0 Å². The zero-order valence-corrected chi connectivity index (χ0v) is 16.8. The number of amides is 1. The number of hydrogen-bond donors (Lipinski definition) is 2. The highest BCUT2D eigenvalue weighted by Crippen LogP contribution is 2.16. The minimum Gasteiger partial charge on any atom is -0.481 e. The largest absolute Gasteiger partial charge is 0.481 e. The second kappa shape index (κ2) is 12.9. The molecule has 0 saturated heterocycles. The minimum absolute atomic E-state index is 0.0941. The van der Waals surface area contributed by atoms with Crippen LogP contribution >= 0.6 is 0 Å². The Morgan fingerprint density at radius 2 is 1.36 bits per heavy atom. The Balaban J connectivity index is 1.46. The maximum Gasteiger partial charge on any atom is 0.303 e. The van der Waals surface area contributed by atoms with E-state index >= 15 is 0 Å². The molecule has 0 atom stereocenters. The molecule has 0 aliphatic rings. The summed E-state index contributed by atoms with van der Waals surface area (Å²) in [6.45, 7) is 0.752. The van der Waals surface area contributed by atoms with E-state index in [-0.39, 0.29) is 5.91 Å². The molecule has 0 aromatic heterocycles. The molecular weight excluding hydrogens is 350 g/mol. The van der Waals surface area contributed by atoms with Gasteiger partial charge in [0.1, 0.15) is 0 Å². The Bertz CT molecular complexity index is 741. The molecule has 0 aliphatic heterocycles. The summed E-state index contributed by atoms with van der Waals surface area (Å²) in [6, 6.07) is 14.4. The van der Waals surface area contributed by atoms with E-state index in [2.05, 4.69) is 29.6 Å². The average Bonchev–Trinajstić information content (AvgIpc) is 2.68. The zero-order valence-electron chi connectivity index (χ0n) is 16.8. The number of carboxylic acid groups (broad SMARTS) is 1. The molecule has 0 radical (unpaired) electrons. The van der Waals surface area contributed by atoms with Crippen LogP contribution in [0.3, 0.4) is 0 Å². The second-order valence-electron chi connectivity index (χ2n) is 7.53. The molecule has 0 unspecified atom stereocenters. The molecular formula is C24H33NO3. The predicted octanol–water partition coefficient (Wildman–Crippen LogP) is 5.48. The Morgan fingerprint density at radius 3 is 2.04 bits per heavy atom. The summed E-state index contributed by atoms with van der Waals surface area (Å²) < 4.78 is 0. The van der Waals surface area contributed by atoms with Crippen molar-refractivity contribution in [2.24, 2.45) is 0 Å². The molecule has 1 amide bonds. The van der Waals surface area contributed by atoms with Gasteiger partial charge >= 0.3 is 5.97 Å². The summed E-state index contributed by atoms with van der Waals surface area (Å²) in [4.78, 5) is 22.5. The Kier molecular flexibility index (Phi) is 10.1. The van der Waals surface area contributed by atoms with E-state index in [1.807, 2.05) is 18.2 Å². The van der Waals surface area contributed by atoms with Crippen LogP contribution in [0.5, 0.6) is 0 Å². The zero-order chi connectivity index (χ0) is 20.0. The van der Waals surface area contributed by atoms with Crippen molar-refractivity contribution in [1.82, 2.24) is 5.32 Å². The molecule has 28 heavy (non-hydrogen) atoms. The van der Waals surface area contributed by atoms with Gasteiger partial charge in [-0.2, -0.15) is 0 Å². The Hall–Kier alpha value is -2.36. The van der Waals surface area contributed by atoms with Crippen molar-refractivity contribution in [2.75, 3.05) is 6.54 Å². The summed E-state index contributed by atoms with van der Waals surface area (Å²) >= 11 is 0. The van der Waals surface area contributed by atoms with E-state index in [1.165, 1.54) is 36.5 Å². The van der Waals surface area contributed by atoms with Crippen LogP contribution in [0.1, 0.15) is 69.8 Å². The first-order valence-corrected chi connectivity index (χ1v) is 10.6. The van der Waals surface area contributed by atoms with Crippen LogP contribution in [0, 0.1) is 0 Å². The van der Waals surface area contributed by atoms with Crippen molar-refractivity contribution in [3.63, 3.8) is 0 Å². The van der Waals surface area contributed by atoms with Gasteiger partial charge in [-0.25, -0.2) is 0 Å². The molecule has 4 nitrogen and oxygen atoms in total. The van der Waals surface area contributed by atoms with Gasteiger partial charge in [0.15, 0.2) is 0 Å². The Morgan fingerprint density at radius 1 is 0.750 bits per heavy atom.